The van der Waals surface area contributed by atoms with Gasteiger partial charge in [-0.15, -0.1) is 0 Å². The number of hydrogen-bond acceptors (Lipinski definition) is 6. The van der Waals surface area contributed by atoms with Crippen LogP contribution in [-0.2, 0) is 11.3 Å². The van der Waals surface area contributed by atoms with Crippen LogP contribution >= 0.6 is 0 Å². The average molecular weight is 366 g/mol. The fourth-order valence-electron chi connectivity index (χ4n) is 3.47. The quantitative estimate of drug-likeness (QED) is 0.895. The van der Waals surface area contributed by atoms with Crippen molar-refractivity contribution in [2.24, 2.45) is 5.41 Å². The van der Waals surface area contributed by atoms with E-state index in [4.69, 9.17) is 9.72 Å². The van der Waals surface area contributed by atoms with Gasteiger partial charge in [0, 0.05) is 26.3 Å². The Morgan fingerprint density at radius 2 is 2.00 bits per heavy atom. The van der Waals surface area contributed by atoms with Crippen molar-refractivity contribution < 1.29 is 9.84 Å². The van der Waals surface area contributed by atoms with Gasteiger partial charge in [-0.25, -0.2) is 4.98 Å². The number of nitriles is 1. The summed E-state index contributed by atoms with van der Waals surface area (Å²) in [5, 5.41) is 18.9. The smallest absolute Gasteiger partial charge is 0.211 e. The molecule has 1 aromatic heterocycles. The normalized spacial score (nSPS) is 16.4. The van der Waals surface area contributed by atoms with Crippen molar-refractivity contribution in [2.75, 3.05) is 30.5 Å². The molecule has 1 aliphatic heterocycles. The highest BCUT2D eigenvalue weighted by Crippen LogP contribution is 2.40. The maximum Gasteiger partial charge on any atom is 0.211 e. The number of rotatable bonds is 4. The van der Waals surface area contributed by atoms with E-state index >= 15 is 0 Å². The van der Waals surface area contributed by atoms with Gasteiger partial charge >= 0.3 is 0 Å². The Bertz CT molecular complexity index is 883. The van der Waals surface area contributed by atoms with E-state index in [-0.39, 0.29) is 18.4 Å². The molecule has 142 valence electrons. The first-order valence-corrected chi connectivity index (χ1v) is 8.96. The number of nitrogens with zero attached hydrogens (tertiary/aromatic N) is 4. The zero-order valence-electron chi connectivity index (χ0n) is 16.5. The molecule has 0 radical (unpaired) electrons. The molecule has 1 unspecified atom stereocenters. The molecule has 1 atom stereocenters. The summed E-state index contributed by atoms with van der Waals surface area (Å²) in [6, 6.07) is 11.5. The number of aromatic nitrogens is 1. The SMILES string of the molecule is COC1N(C)c2nc(-c3cc(CO)ccc3C#N)ccc2N1CC(C)(C)C. The van der Waals surface area contributed by atoms with Crippen LogP contribution in [0, 0.1) is 16.7 Å². The second-order valence-corrected chi connectivity index (χ2v) is 8.05. The van der Waals surface area contributed by atoms with Crippen LogP contribution in [0.1, 0.15) is 31.9 Å². The van der Waals surface area contributed by atoms with Gasteiger partial charge in [-0.3, -0.25) is 0 Å². The van der Waals surface area contributed by atoms with E-state index in [0.717, 1.165) is 29.2 Å². The number of ether oxygens (including phenoxy) is 1. The molecular weight excluding hydrogens is 340 g/mol. The second-order valence-electron chi connectivity index (χ2n) is 8.05. The van der Waals surface area contributed by atoms with Crippen molar-refractivity contribution in [3.8, 4) is 17.3 Å². The van der Waals surface area contributed by atoms with Gasteiger partial charge in [0.15, 0.2) is 5.82 Å². The monoisotopic (exact) mass is 366 g/mol. The zero-order chi connectivity index (χ0) is 19.8. The van der Waals surface area contributed by atoms with Crippen LogP contribution < -0.4 is 9.80 Å². The molecule has 1 aromatic carbocycles. The Labute approximate surface area is 160 Å². The number of aliphatic hydroxyl groups is 1. The van der Waals surface area contributed by atoms with E-state index in [1.54, 1.807) is 19.2 Å². The van der Waals surface area contributed by atoms with Crippen molar-refractivity contribution >= 4 is 11.5 Å². The summed E-state index contributed by atoms with van der Waals surface area (Å²) in [7, 11) is 3.66. The van der Waals surface area contributed by atoms with E-state index in [0.29, 0.717) is 11.3 Å². The maximum absolute atomic E-state index is 9.46. The molecule has 0 spiro atoms. The van der Waals surface area contributed by atoms with Gasteiger partial charge in [-0.2, -0.15) is 5.26 Å². The fourth-order valence-corrected chi connectivity index (χ4v) is 3.47. The molecule has 1 aliphatic rings. The van der Waals surface area contributed by atoms with Crippen LogP contribution in [0.15, 0.2) is 30.3 Å². The third-order valence-electron chi connectivity index (χ3n) is 4.61. The van der Waals surface area contributed by atoms with E-state index in [1.165, 1.54) is 0 Å². The molecular formula is C21H26N4O2. The minimum atomic E-state index is -0.221. The lowest BCUT2D eigenvalue weighted by molar-refractivity contribution is 0.0995. The zero-order valence-corrected chi connectivity index (χ0v) is 16.5. The molecule has 2 aromatic rings. The Hall–Kier alpha value is -2.62. The number of anilines is 2. The highest BCUT2D eigenvalue weighted by Gasteiger charge is 2.37. The molecule has 2 heterocycles. The van der Waals surface area contributed by atoms with Crippen LogP contribution in [0.4, 0.5) is 11.5 Å². The second kappa shape index (κ2) is 7.18. The Morgan fingerprint density at radius 1 is 1.26 bits per heavy atom. The Kier molecular flexibility index (Phi) is 5.09. The number of fused-ring (bicyclic) bond motifs is 1. The largest absolute Gasteiger partial charge is 0.392 e. The van der Waals surface area contributed by atoms with E-state index in [9.17, 15) is 10.4 Å². The van der Waals surface area contributed by atoms with Crippen LogP contribution in [0.5, 0.6) is 0 Å². The molecule has 6 heteroatoms. The van der Waals surface area contributed by atoms with Gasteiger partial charge in [0.2, 0.25) is 6.35 Å². The molecule has 3 rings (SSSR count). The molecule has 0 saturated carbocycles. The standard InChI is InChI=1S/C21H26N4O2/c1-21(2,3)13-25-18-9-8-17(23-19(18)24(4)20(25)27-5)16-10-14(12-26)6-7-15(16)11-22/h6-10,20,26H,12-13H2,1-5H3. The van der Waals surface area contributed by atoms with E-state index < -0.39 is 0 Å². The van der Waals surface area contributed by atoms with Gasteiger partial charge in [0.25, 0.3) is 0 Å². The first kappa shape index (κ1) is 19.2. The summed E-state index contributed by atoms with van der Waals surface area (Å²) in [6.45, 7) is 7.33. The predicted molar refractivity (Wildman–Crippen MR) is 106 cm³/mol. The minimum Gasteiger partial charge on any atom is -0.392 e. The van der Waals surface area contributed by atoms with Crippen LogP contribution in [0.2, 0.25) is 0 Å². The lowest BCUT2D eigenvalue weighted by Gasteiger charge is -2.33. The third kappa shape index (κ3) is 3.61. The van der Waals surface area contributed by atoms with Crippen molar-refractivity contribution in [3.05, 3.63) is 41.5 Å². The lowest BCUT2D eigenvalue weighted by atomic mass is 9.96. The topological polar surface area (TPSA) is 72.6 Å². The van der Waals surface area contributed by atoms with Crippen LogP contribution in [0.3, 0.4) is 0 Å². The summed E-state index contributed by atoms with van der Waals surface area (Å²) >= 11 is 0. The maximum atomic E-state index is 9.46. The molecule has 27 heavy (non-hydrogen) atoms. The van der Waals surface area contributed by atoms with Crippen molar-refractivity contribution in [3.63, 3.8) is 0 Å². The van der Waals surface area contributed by atoms with Gasteiger partial charge in [0.05, 0.1) is 29.6 Å². The molecule has 0 fully saturated rings. The highest BCUT2D eigenvalue weighted by atomic mass is 16.5. The van der Waals surface area contributed by atoms with Gasteiger partial charge in [0.1, 0.15) is 0 Å². The van der Waals surface area contributed by atoms with Gasteiger partial charge in [-0.1, -0.05) is 26.8 Å². The predicted octanol–water partition coefficient (Wildman–Crippen LogP) is 3.34. The van der Waals surface area contributed by atoms with Gasteiger partial charge in [-0.05, 0) is 35.2 Å². The highest BCUT2D eigenvalue weighted by molar-refractivity contribution is 5.78. The summed E-state index contributed by atoms with van der Waals surface area (Å²) in [4.78, 5) is 9.05. The number of benzene rings is 1. The minimum absolute atomic E-state index is 0.0747. The molecule has 1 N–H and O–H groups in total. The van der Waals surface area contributed by atoms with Crippen molar-refractivity contribution in [1.29, 1.82) is 5.26 Å². The first-order valence-electron chi connectivity index (χ1n) is 8.96. The molecule has 0 saturated heterocycles. The Morgan fingerprint density at radius 3 is 2.59 bits per heavy atom. The molecule has 6 nitrogen and oxygen atoms in total. The van der Waals surface area contributed by atoms with Crippen molar-refractivity contribution in [1.82, 2.24) is 4.98 Å². The van der Waals surface area contributed by atoms with Crippen LogP contribution in [-0.4, -0.2) is 37.1 Å². The number of methoxy groups -OCH3 is 1. The third-order valence-corrected chi connectivity index (χ3v) is 4.61. The molecule has 0 aliphatic carbocycles. The van der Waals surface area contributed by atoms with Crippen LogP contribution in [0.25, 0.3) is 11.3 Å². The molecule has 0 bridgehead atoms. The number of aliphatic hydroxyl groups excluding tert-OH is 1. The number of pyridine rings is 1. The summed E-state index contributed by atoms with van der Waals surface area (Å²) < 4.78 is 5.72. The van der Waals surface area contributed by atoms with E-state index in [1.807, 2.05) is 30.1 Å². The summed E-state index contributed by atoms with van der Waals surface area (Å²) in [5.41, 5.74) is 3.84. The number of hydrogen-bond donors (Lipinski definition) is 1. The van der Waals surface area contributed by atoms with Crippen molar-refractivity contribution in [2.45, 2.75) is 33.7 Å². The summed E-state index contributed by atoms with van der Waals surface area (Å²) in [6.07, 6.45) is -0.221. The lowest BCUT2D eigenvalue weighted by Crippen LogP contribution is -2.46. The Balaban J connectivity index is 2.08. The van der Waals surface area contributed by atoms with E-state index in [2.05, 4.69) is 31.7 Å². The fraction of sp³-hybridized carbons (Fsp3) is 0.429. The molecule has 0 amide bonds. The summed E-state index contributed by atoms with van der Waals surface area (Å²) in [5.74, 6) is 0.821. The van der Waals surface area contributed by atoms with Gasteiger partial charge < -0.3 is 19.6 Å². The first-order chi connectivity index (χ1) is 12.8. The average Bonchev–Trinajstić information content (AvgIpc) is 2.90.